The maximum absolute atomic E-state index is 10.4. The van der Waals surface area contributed by atoms with Crippen LogP contribution in [0.2, 0.25) is 0 Å². The molecule has 23 heavy (non-hydrogen) atoms. The van der Waals surface area contributed by atoms with Gasteiger partial charge in [-0.05, 0) is 63.7 Å². The number of aliphatic hydroxyl groups excluding tert-OH is 1. The van der Waals surface area contributed by atoms with Gasteiger partial charge in [-0.15, -0.1) is 0 Å². The molecular formula is C20H39NO2. The van der Waals surface area contributed by atoms with Crippen LogP contribution in [0.5, 0.6) is 0 Å². The van der Waals surface area contributed by atoms with E-state index in [2.05, 4.69) is 39.5 Å². The van der Waals surface area contributed by atoms with Gasteiger partial charge in [0.15, 0.2) is 0 Å². The van der Waals surface area contributed by atoms with Crippen molar-refractivity contribution in [2.75, 3.05) is 13.2 Å². The highest BCUT2D eigenvalue weighted by atomic mass is 16.5. The Bertz CT molecular complexity index is 334. The fraction of sp³-hybridized carbons (Fsp3) is 1.00. The van der Waals surface area contributed by atoms with E-state index in [4.69, 9.17) is 4.74 Å². The first-order valence-corrected chi connectivity index (χ1v) is 9.82. The lowest BCUT2D eigenvalue weighted by Crippen LogP contribution is -2.48. The van der Waals surface area contributed by atoms with Crippen LogP contribution in [0.15, 0.2) is 0 Å². The summed E-state index contributed by atoms with van der Waals surface area (Å²) in [4.78, 5) is 2.47. The lowest BCUT2D eigenvalue weighted by molar-refractivity contribution is -0.0536. The molecule has 0 aromatic carbocycles. The van der Waals surface area contributed by atoms with E-state index in [0.29, 0.717) is 30.2 Å². The molecule has 0 spiro atoms. The Morgan fingerprint density at radius 3 is 2.09 bits per heavy atom. The highest BCUT2D eigenvalue weighted by Crippen LogP contribution is 2.38. The summed E-state index contributed by atoms with van der Waals surface area (Å²) < 4.78 is 6.04. The molecule has 136 valence electrons. The van der Waals surface area contributed by atoms with Gasteiger partial charge in [0.2, 0.25) is 0 Å². The van der Waals surface area contributed by atoms with Gasteiger partial charge < -0.3 is 9.84 Å². The van der Waals surface area contributed by atoms with Crippen LogP contribution in [0.3, 0.4) is 0 Å². The van der Waals surface area contributed by atoms with E-state index in [0.717, 1.165) is 25.3 Å². The molecule has 0 aromatic heterocycles. The van der Waals surface area contributed by atoms with E-state index in [1.54, 1.807) is 0 Å². The number of likely N-dealkylation sites (tertiary alicyclic amines) is 1. The number of aliphatic hydroxyl groups is 1. The van der Waals surface area contributed by atoms with Crippen molar-refractivity contribution in [2.24, 2.45) is 11.3 Å². The van der Waals surface area contributed by atoms with Crippen LogP contribution < -0.4 is 0 Å². The maximum Gasteiger partial charge on any atom is 0.0900 e. The standard InChI is InChI=1S/C20H39NO2/c1-15-7-6-8-16(2)21(15)13-18(22)14-23-19-11-9-17(10-12-19)20(3,4)5/h15-19,22H,6-14H2,1-5H3/t15-,16+,17?,18-,19?/m0/s1. The third-order valence-electron chi connectivity index (χ3n) is 6.22. The quantitative estimate of drug-likeness (QED) is 0.821. The Kier molecular flexibility index (Phi) is 6.94. The smallest absolute Gasteiger partial charge is 0.0900 e. The Morgan fingerprint density at radius 1 is 1.00 bits per heavy atom. The molecule has 3 heteroatoms. The number of hydrogen-bond acceptors (Lipinski definition) is 3. The third kappa shape index (κ3) is 5.72. The molecule has 3 atom stereocenters. The molecule has 0 aromatic rings. The molecular weight excluding hydrogens is 286 g/mol. The van der Waals surface area contributed by atoms with Gasteiger partial charge in [0.25, 0.3) is 0 Å². The van der Waals surface area contributed by atoms with Crippen molar-refractivity contribution in [3.63, 3.8) is 0 Å². The van der Waals surface area contributed by atoms with Crippen molar-refractivity contribution in [1.82, 2.24) is 4.90 Å². The average Bonchev–Trinajstić information content (AvgIpc) is 2.48. The van der Waals surface area contributed by atoms with Gasteiger partial charge >= 0.3 is 0 Å². The highest BCUT2D eigenvalue weighted by molar-refractivity contribution is 4.83. The van der Waals surface area contributed by atoms with Crippen LogP contribution in [-0.2, 0) is 4.74 Å². The molecule has 2 aliphatic rings. The van der Waals surface area contributed by atoms with Gasteiger partial charge in [0.1, 0.15) is 0 Å². The molecule has 1 aliphatic carbocycles. The van der Waals surface area contributed by atoms with Crippen molar-refractivity contribution in [1.29, 1.82) is 0 Å². The lowest BCUT2D eigenvalue weighted by Gasteiger charge is -2.40. The summed E-state index contributed by atoms with van der Waals surface area (Å²) in [6.45, 7) is 12.9. The number of rotatable bonds is 5. The van der Waals surface area contributed by atoms with Gasteiger partial charge in [-0.2, -0.15) is 0 Å². The molecule has 1 N–H and O–H groups in total. The molecule has 1 saturated heterocycles. The van der Waals surface area contributed by atoms with Crippen molar-refractivity contribution < 1.29 is 9.84 Å². The molecule has 0 bridgehead atoms. The fourth-order valence-corrected chi connectivity index (χ4v) is 4.47. The van der Waals surface area contributed by atoms with Crippen LogP contribution in [0, 0.1) is 11.3 Å². The molecule has 2 fully saturated rings. The number of ether oxygens (including phenoxy) is 1. The molecule has 1 aliphatic heterocycles. The second kappa shape index (κ2) is 8.31. The summed E-state index contributed by atoms with van der Waals surface area (Å²) in [6, 6.07) is 1.19. The van der Waals surface area contributed by atoms with E-state index >= 15 is 0 Å². The highest BCUT2D eigenvalue weighted by Gasteiger charge is 2.31. The average molecular weight is 326 g/mol. The van der Waals surface area contributed by atoms with Crippen LogP contribution in [0.1, 0.15) is 79.6 Å². The number of β-amino-alcohol motifs (C(OH)–C–C–N with tert-alkyl or cyclic N) is 1. The zero-order valence-corrected chi connectivity index (χ0v) is 16.1. The monoisotopic (exact) mass is 325 g/mol. The predicted molar refractivity (Wildman–Crippen MR) is 96.6 cm³/mol. The SMILES string of the molecule is C[C@@H]1CCC[C@H](C)N1C[C@H](O)COC1CCC(C(C)(C)C)CC1. The minimum Gasteiger partial charge on any atom is -0.389 e. The van der Waals surface area contributed by atoms with Crippen LogP contribution in [0.25, 0.3) is 0 Å². The summed E-state index contributed by atoms with van der Waals surface area (Å²) in [6.07, 6.45) is 8.70. The summed E-state index contributed by atoms with van der Waals surface area (Å²) in [5, 5.41) is 10.4. The molecule has 1 saturated carbocycles. The Hall–Kier alpha value is -0.120. The predicted octanol–water partition coefficient (Wildman–Crippen LogP) is 4.23. The van der Waals surface area contributed by atoms with Crippen LogP contribution in [0.4, 0.5) is 0 Å². The largest absolute Gasteiger partial charge is 0.389 e. The van der Waals surface area contributed by atoms with Crippen LogP contribution >= 0.6 is 0 Å². The molecule has 2 rings (SSSR count). The number of hydrogen-bond donors (Lipinski definition) is 1. The van der Waals surface area contributed by atoms with Gasteiger partial charge in [-0.1, -0.05) is 27.2 Å². The third-order valence-corrected chi connectivity index (χ3v) is 6.22. The molecule has 0 unspecified atom stereocenters. The minimum absolute atomic E-state index is 0.349. The van der Waals surface area contributed by atoms with E-state index in [-0.39, 0.29) is 6.10 Å². The van der Waals surface area contributed by atoms with Gasteiger partial charge in [-0.3, -0.25) is 4.90 Å². The first-order valence-electron chi connectivity index (χ1n) is 9.82. The summed E-state index contributed by atoms with van der Waals surface area (Å²) in [5.74, 6) is 0.822. The van der Waals surface area contributed by atoms with Crippen LogP contribution in [-0.4, -0.2) is 47.4 Å². The van der Waals surface area contributed by atoms with Crippen molar-refractivity contribution in [2.45, 2.75) is 104 Å². The van der Waals surface area contributed by atoms with E-state index in [9.17, 15) is 5.11 Å². The zero-order valence-electron chi connectivity index (χ0n) is 16.1. The van der Waals surface area contributed by atoms with Gasteiger partial charge in [0.05, 0.1) is 18.8 Å². The molecule has 0 amide bonds. The minimum atomic E-state index is -0.349. The molecule has 0 radical (unpaired) electrons. The second-order valence-corrected chi connectivity index (χ2v) is 9.15. The van der Waals surface area contributed by atoms with Gasteiger partial charge in [0, 0.05) is 18.6 Å². The van der Waals surface area contributed by atoms with E-state index < -0.39 is 0 Å². The number of piperidine rings is 1. The van der Waals surface area contributed by atoms with E-state index in [1.165, 1.54) is 32.1 Å². The van der Waals surface area contributed by atoms with Gasteiger partial charge in [-0.25, -0.2) is 0 Å². The van der Waals surface area contributed by atoms with Crippen molar-refractivity contribution in [3.05, 3.63) is 0 Å². The Labute approximate surface area is 143 Å². The summed E-state index contributed by atoms with van der Waals surface area (Å²) >= 11 is 0. The zero-order chi connectivity index (χ0) is 17.0. The molecule has 1 heterocycles. The Balaban J connectivity index is 1.68. The Morgan fingerprint density at radius 2 is 1.57 bits per heavy atom. The van der Waals surface area contributed by atoms with Crippen molar-refractivity contribution >= 4 is 0 Å². The maximum atomic E-state index is 10.4. The number of nitrogens with zero attached hydrogens (tertiary/aromatic N) is 1. The normalized spacial score (nSPS) is 35.2. The summed E-state index contributed by atoms with van der Waals surface area (Å²) in [7, 11) is 0. The fourth-order valence-electron chi connectivity index (χ4n) is 4.47. The van der Waals surface area contributed by atoms with E-state index in [1.807, 2.05) is 0 Å². The topological polar surface area (TPSA) is 32.7 Å². The first-order chi connectivity index (χ1) is 10.8. The summed E-state index contributed by atoms with van der Waals surface area (Å²) in [5.41, 5.74) is 0.422. The van der Waals surface area contributed by atoms with Crippen molar-refractivity contribution in [3.8, 4) is 0 Å². The first kappa shape index (κ1) is 19.2. The molecule has 3 nitrogen and oxygen atoms in total. The second-order valence-electron chi connectivity index (χ2n) is 9.15. The lowest BCUT2D eigenvalue weighted by atomic mass is 9.72.